The number of hydrogen-bond donors (Lipinski definition) is 0. The largest absolute Gasteiger partial charge is 0.269 e. The molecular weight excluding hydrogens is 418 g/mol. The minimum absolute atomic E-state index is 0.0997. The SMILES string of the molecule is Brc1ccc(-c2cccnc2)cc1.O=[N+]([O-])c1ccc(-c2cccnc2)cc1. The lowest BCUT2D eigenvalue weighted by Crippen LogP contribution is -1.87. The van der Waals surface area contributed by atoms with Gasteiger partial charge in [0.05, 0.1) is 4.92 Å². The van der Waals surface area contributed by atoms with Crippen molar-refractivity contribution < 1.29 is 4.92 Å². The third-order valence-corrected chi connectivity index (χ3v) is 4.44. The van der Waals surface area contributed by atoms with Gasteiger partial charge in [0.25, 0.3) is 5.69 Å². The van der Waals surface area contributed by atoms with Gasteiger partial charge in [-0.3, -0.25) is 20.1 Å². The van der Waals surface area contributed by atoms with Gasteiger partial charge >= 0.3 is 0 Å². The van der Waals surface area contributed by atoms with Crippen LogP contribution in [0.5, 0.6) is 0 Å². The van der Waals surface area contributed by atoms with Gasteiger partial charge in [-0.15, -0.1) is 0 Å². The number of nitro groups is 1. The molecule has 0 bridgehead atoms. The lowest BCUT2D eigenvalue weighted by atomic mass is 10.1. The molecule has 138 valence electrons. The molecule has 2 aromatic heterocycles. The highest BCUT2D eigenvalue weighted by Crippen LogP contribution is 2.21. The summed E-state index contributed by atoms with van der Waals surface area (Å²) in [6.45, 7) is 0. The monoisotopic (exact) mass is 433 g/mol. The maximum Gasteiger partial charge on any atom is 0.269 e. The maximum atomic E-state index is 10.4. The van der Waals surface area contributed by atoms with Crippen molar-refractivity contribution >= 4 is 21.6 Å². The van der Waals surface area contributed by atoms with Gasteiger partial charge in [0.15, 0.2) is 0 Å². The molecule has 0 saturated carbocycles. The van der Waals surface area contributed by atoms with Crippen molar-refractivity contribution in [3.8, 4) is 22.3 Å². The number of nitro benzene ring substituents is 1. The van der Waals surface area contributed by atoms with Crippen molar-refractivity contribution in [3.63, 3.8) is 0 Å². The molecule has 4 aromatic rings. The fraction of sp³-hybridized carbons (Fsp3) is 0. The lowest BCUT2D eigenvalue weighted by Gasteiger charge is -1.99. The summed E-state index contributed by atoms with van der Waals surface area (Å²) in [6.07, 6.45) is 7.06. The van der Waals surface area contributed by atoms with Crippen molar-refractivity contribution in [2.24, 2.45) is 0 Å². The summed E-state index contributed by atoms with van der Waals surface area (Å²) in [5, 5.41) is 10.4. The summed E-state index contributed by atoms with van der Waals surface area (Å²) >= 11 is 3.40. The zero-order valence-electron chi connectivity index (χ0n) is 14.8. The zero-order chi connectivity index (χ0) is 19.8. The average Bonchev–Trinajstić information content (AvgIpc) is 2.76. The van der Waals surface area contributed by atoms with E-state index in [1.54, 1.807) is 30.7 Å². The van der Waals surface area contributed by atoms with Gasteiger partial charge < -0.3 is 0 Å². The van der Waals surface area contributed by atoms with Crippen LogP contribution < -0.4 is 0 Å². The van der Waals surface area contributed by atoms with Gasteiger partial charge in [0.2, 0.25) is 0 Å². The highest BCUT2D eigenvalue weighted by Gasteiger charge is 2.04. The van der Waals surface area contributed by atoms with Crippen LogP contribution in [-0.2, 0) is 0 Å². The number of benzene rings is 2. The molecule has 0 aliphatic carbocycles. The molecule has 0 amide bonds. The molecular formula is C22H16BrN3O2. The Morgan fingerprint density at radius 2 is 1.14 bits per heavy atom. The molecule has 0 aliphatic heterocycles. The lowest BCUT2D eigenvalue weighted by molar-refractivity contribution is -0.384. The van der Waals surface area contributed by atoms with Crippen molar-refractivity contribution in [3.05, 3.63) is 112 Å². The van der Waals surface area contributed by atoms with Crippen molar-refractivity contribution in [2.75, 3.05) is 0 Å². The molecule has 2 aromatic carbocycles. The Morgan fingerprint density at radius 1 is 0.679 bits per heavy atom. The van der Waals surface area contributed by atoms with Crippen LogP contribution in [0, 0.1) is 10.1 Å². The van der Waals surface area contributed by atoms with Crippen molar-refractivity contribution in [1.29, 1.82) is 0 Å². The fourth-order valence-corrected chi connectivity index (χ4v) is 2.75. The van der Waals surface area contributed by atoms with Crippen LogP contribution in [0.15, 0.2) is 102 Å². The van der Waals surface area contributed by atoms with Gasteiger partial charge in [0, 0.05) is 41.4 Å². The van der Waals surface area contributed by atoms with E-state index >= 15 is 0 Å². The third kappa shape index (κ3) is 5.31. The van der Waals surface area contributed by atoms with Crippen LogP contribution in [0.3, 0.4) is 0 Å². The van der Waals surface area contributed by atoms with Crippen LogP contribution in [-0.4, -0.2) is 14.9 Å². The van der Waals surface area contributed by atoms with Gasteiger partial charge in [-0.1, -0.05) is 40.2 Å². The summed E-state index contributed by atoms with van der Waals surface area (Å²) < 4.78 is 1.10. The predicted octanol–water partition coefficient (Wildman–Crippen LogP) is 6.17. The van der Waals surface area contributed by atoms with E-state index in [0.29, 0.717) is 0 Å². The molecule has 28 heavy (non-hydrogen) atoms. The number of hydrogen-bond acceptors (Lipinski definition) is 4. The van der Waals surface area contributed by atoms with E-state index in [1.165, 1.54) is 17.7 Å². The molecule has 0 saturated heterocycles. The molecule has 0 spiro atoms. The minimum atomic E-state index is -0.410. The van der Waals surface area contributed by atoms with Gasteiger partial charge in [0.1, 0.15) is 0 Å². The molecule has 6 heteroatoms. The predicted molar refractivity (Wildman–Crippen MR) is 114 cm³/mol. The second-order valence-corrected chi connectivity index (χ2v) is 6.71. The highest BCUT2D eigenvalue weighted by molar-refractivity contribution is 9.10. The van der Waals surface area contributed by atoms with E-state index in [-0.39, 0.29) is 5.69 Å². The maximum absolute atomic E-state index is 10.4. The van der Waals surface area contributed by atoms with Crippen molar-refractivity contribution in [1.82, 2.24) is 9.97 Å². The van der Waals surface area contributed by atoms with Crippen LogP contribution in [0.4, 0.5) is 5.69 Å². The second-order valence-electron chi connectivity index (χ2n) is 5.79. The van der Waals surface area contributed by atoms with E-state index in [9.17, 15) is 10.1 Å². The van der Waals surface area contributed by atoms with Crippen LogP contribution in [0.1, 0.15) is 0 Å². The first kappa shape index (κ1) is 19.4. The number of rotatable bonds is 3. The molecule has 0 atom stereocenters. The Morgan fingerprint density at radius 3 is 1.54 bits per heavy atom. The third-order valence-electron chi connectivity index (χ3n) is 3.91. The zero-order valence-corrected chi connectivity index (χ0v) is 16.4. The topological polar surface area (TPSA) is 68.9 Å². The molecule has 0 unspecified atom stereocenters. The van der Waals surface area contributed by atoms with E-state index in [0.717, 1.165) is 21.2 Å². The first-order valence-electron chi connectivity index (χ1n) is 8.44. The summed E-state index contributed by atoms with van der Waals surface area (Å²) in [4.78, 5) is 18.1. The number of halogens is 1. The molecule has 0 fully saturated rings. The molecule has 2 heterocycles. The summed E-state index contributed by atoms with van der Waals surface area (Å²) in [5.41, 5.74) is 4.31. The number of nitrogens with zero attached hydrogens (tertiary/aromatic N) is 3. The summed E-state index contributed by atoms with van der Waals surface area (Å²) in [5.74, 6) is 0. The number of pyridine rings is 2. The normalized spacial score (nSPS) is 9.89. The van der Waals surface area contributed by atoms with E-state index in [4.69, 9.17) is 0 Å². The summed E-state index contributed by atoms with van der Waals surface area (Å²) in [6, 6.07) is 22.3. The second kappa shape index (κ2) is 9.53. The first-order valence-corrected chi connectivity index (χ1v) is 9.23. The molecule has 0 aliphatic rings. The minimum Gasteiger partial charge on any atom is -0.264 e. The van der Waals surface area contributed by atoms with Crippen molar-refractivity contribution in [2.45, 2.75) is 0 Å². The van der Waals surface area contributed by atoms with Gasteiger partial charge in [-0.25, -0.2) is 0 Å². The molecule has 0 radical (unpaired) electrons. The summed E-state index contributed by atoms with van der Waals surface area (Å²) in [7, 11) is 0. The number of non-ortho nitro benzene ring substituents is 1. The van der Waals surface area contributed by atoms with E-state index < -0.39 is 4.92 Å². The van der Waals surface area contributed by atoms with E-state index in [2.05, 4.69) is 44.1 Å². The smallest absolute Gasteiger partial charge is 0.264 e. The average molecular weight is 434 g/mol. The van der Waals surface area contributed by atoms with E-state index in [1.807, 2.05) is 36.5 Å². The van der Waals surface area contributed by atoms with Gasteiger partial charge in [-0.05, 0) is 58.7 Å². The Hall–Kier alpha value is -3.38. The molecule has 5 nitrogen and oxygen atoms in total. The Bertz CT molecular complexity index is 1020. The highest BCUT2D eigenvalue weighted by atomic mass is 79.9. The Kier molecular flexibility index (Phi) is 6.59. The number of aromatic nitrogens is 2. The molecule has 4 rings (SSSR count). The van der Waals surface area contributed by atoms with Crippen LogP contribution >= 0.6 is 15.9 Å². The van der Waals surface area contributed by atoms with Gasteiger partial charge in [-0.2, -0.15) is 0 Å². The first-order chi connectivity index (χ1) is 13.6. The van der Waals surface area contributed by atoms with Crippen LogP contribution in [0.2, 0.25) is 0 Å². The molecule has 0 N–H and O–H groups in total. The quantitative estimate of drug-likeness (QED) is 0.286. The Labute approximate surface area is 171 Å². The standard InChI is InChI=1S/C11H8BrN.C11H8N2O2/c12-11-5-3-9(4-6-11)10-2-1-7-13-8-10;14-13(15)11-5-3-9(4-6-11)10-2-1-7-12-8-10/h1-8H;1-8H. The van der Waals surface area contributed by atoms with Crippen LogP contribution in [0.25, 0.3) is 22.3 Å². The Balaban J connectivity index is 0.000000162. The fourth-order valence-electron chi connectivity index (χ4n) is 2.48.